The van der Waals surface area contributed by atoms with Crippen LogP contribution in [0.1, 0.15) is 27.4 Å². The Kier molecular flexibility index (Phi) is 6.88. The van der Waals surface area contributed by atoms with Gasteiger partial charge in [-0.05, 0) is 62.4 Å². The number of carbonyl (C=O) groups is 2. The van der Waals surface area contributed by atoms with Crippen molar-refractivity contribution in [3.05, 3.63) is 71.1 Å². The van der Waals surface area contributed by atoms with Crippen LogP contribution in [-0.4, -0.2) is 46.7 Å². The molecule has 0 spiro atoms. The second kappa shape index (κ2) is 9.99. The summed E-state index contributed by atoms with van der Waals surface area (Å²) in [5.41, 5.74) is 2.87. The Bertz CT molecular complexity index is 1110. The number of ether oxygens (including phenoxy) is 2. The van der Waals surface area contributed by atoms with Crippen molar-refractivity contribution in [2.24, 2.45) is 0 Å². The van der Waals surface area contributed by atoms with Crippen LogP contribution in [0.4, 0.5) is 5.69 Å². The minimum Gasteiger partial charge on any atom is -0.497 e. The summed E-state index contributed by atoms with van der Waals surface area (Å²) >= 11 is 1.56. The number of nitrogens with zero attached hydrogens (tertiary/aromatic N) is 2. The summed E-state index contributed by atoms with van der Waals surface area (Å²) in [7, 11) is 1.59. The summed E-state index contributed by atoms with van der Waals surface area (Å²) in [6.07, 6.45) is 0. The maximum atomic E-state index is 13.1. The Morgan fingerprint density at radius 2 is 1.82 bits per heavy atom. The molecule has 1 atom stereocenters. The lowest BCUT2D eigenvalue weighted by atomic mass is 10.1. The number of nitrogens with one attached hydrogen (secondary N) is 1. The Morgan fingerprint density at radius 1 is 1.12 bits per heavy atom. The lowest BCUT2D eigenvalue weighted by molar-refractivity contribution is -0.119. The van der Waals surface area contributed by atoms with Gasteiger partial charge in [-0.25, -0.2) is 0 Å². The van der Waals surface area contributed by atoms with Gasteiger partial charge in [0.15, 0.2) is 0 Å². The summed E-state index contributed by atoms with van der Waals surface area (Å²) in [4.78, 5) is 27.5. The first-order valence-corrected chi connectivity index (χ1v) is 11.6. The first kappa shape index (κ1) is 22.7. The van der Waals surface area contributed by atoms with Gasteiger partial charge in [0.25, 0.3) is 5.91 Å². The van der Waals surface area contributed by atoms with Crippen molar-refractivity contribution in [1.82, 2.24) is 10.1 Å². The van der Waals surface area contributed by atoms with Crippen molar-refractivity contribution >= 4 is 29.3 Å². The highest BCUT2D eigenvalue weighted by molar-refractivity contribution is 7.99. The molecule has 2 heterocycles. The molecule has 1 fully saturated rings. The van der Waals surface area contributed by atoms with Gasteiger partial charge in [0.05, 0.1) is 24.2 Å². The molecule has 1 saturated heterocycles. The first-order valence-electron chi connectivity index (χ1n) is 10.4. The van der Waals surface area contributed by atoms with Crippen molar-refractivity contribution in [3.8, 4) is 11.5 Å². The number of hydrogen-bond donors (Lipinski definition) is 1. The third-order valence-corrected chi connectivity index (χ3v) is 6.48. The van der Waals surface area contributed by atoms with E-state index in [0.29, 0.717) is 41.0 Å². The summed E-state index contributed by atoms with van der Waals surface area (Å²) in [5.74, 6) is 2.68. The van der Waals surface area contributed by atoms with Crippen LogP contribution >= 0.6 is 11.8 Å². The molecule has 2 aromatic carbocycles. The summed E-state index contributed by atoms with van der Waals surface area (Å²) in [6.45, 7) is 4.05. The zero-order chi connectivity index (χ0) is 23.4. The van der Waals surface area contributed by atoms with Gasteiger partial charge in [0.2, 0.25) is 5.91 Å². The summed E-state index contributed by atoms with van der Waals surface area (Å²) < 4.78 is 16.1. The predicted molar refractivity (Wildman–Crippen MR) is 126 cm³/mol. The van der Waals surface area contributed by atoms with Crippen LogP contribution in [-0.2, 0) is 11.4 Å². The zero-order valence-electron chi connectivity index (χ0n) is 18.7. The molecule has 2 amide bonds. The summed E-state index contributed by atoms with van der Waals surface area (Å²) in [5, 5.41) is 6.81. The van der Waals surface area contributed by atoms with Gasteiger partial charge in [0.1, 0.15) is 29.9 Å². The minimum atomic E-state index is -0.542. The van der Waals surface area contributed by atoms with Crippen LogP contribution in [0.3, 0.4) is 0 Å². The Labute approximate surface area is 196 Å². The van der Waals surface area contributed by atoms with E-state index < -0.39 is 6.04 Å². The fraction of sp³-hybridized carbons (Fsp3) is 0.292. The Balaban J connectivity index is 1.38. The molecular weight excluding hydrogens is 442 g/mol. The molecule has 3 aromatic rings. The van der Waals surface area contributed by atoms with Crippen LogP contribution in [0.15, 0.2) is 53.1 Å². The Hall–Kier alpha value is -3.46. The molecule has 9 heteroatoms. The molecule has 1 aliphatic heterocycles. The fourth-order valence-corrected chi connectivity index (χ4v) is 4.64. The molecule has 1 aromatic heterocycles. The highest BCUT2D eigenvalue weighted by atomic mass is 32.2. The van der Waals surface area contributed by atoms with E-state index in [2.05, 4.69) is 10.5 Å². The third-order valence-electron chi connectivity index (χ3n) is 5.47. The lowest BCUT2D eigenvalue weighted by Crippen LogP contribution is -2.44. The average molecular weight is 468 g/mol. The van der Waals surface area contributed by atoms with Crippen LogP contribution in [0, 0.1) is 13.8 Å². The number of rotatable bonds is 7. The minimum absolute atomic E-state index is 0.188. The number of aromatic nitrogens is 1. The van der Waals surface area contributed by atoms with Crippen molar-refractivity contribution in [2.45, 2.75) is 26.5 Å². The monoisotopic (exact) mass is 467 g/mol. The van der Waals surface area contributed by atoms with Crippen molar-refractivity contribution in [3.63, 3.8) is 0 Å². The van der Waals surface area contributed by atoms with E-state index in [1.165, 1.54) is 0 Å². The number of thioether (sulfide) groups is 1. The van der Waals surface area contributed by atoms with E-state index in [0.717, 1.165) is 17.0 Å². The zero-order valence-corrected chi connectivity index (χ0v) is 19.5. The lowest BCUT2D eigenvalue weighted by Gasteiger charge is -2.23. The van der Waals surface area contributed by atoms with Crippen LogP contribution < -0.4 is 14.8 Å². The molecule has 1 aliphatic rings. The molecule has 0 bridgehead atoms. The average Bonchev–Trinajstić information content (AvgIpc) is 3.45. The van der Waals surface area contributed by atoms with E-state index in [1.807, 2.05) is 13.8 Å². The smallest absolute Gasteiger partial charge is 0.255 e. The highest BCUT2D eigenvalue weighted by Crippen LogP contribution is 2.26. The van der Waals surface area contributed by atoms with Gasteiger partial charge in [-0.1, -0.05) is 5.16 Å². The third kappa shape index (κ3) is 5.14. The quantitative estimate of drug-likeness (QED) is 0.561. The first-order chi connectivity index (χ1) is 16.0. The SMILES string of the molecule is COc1ccc(NC(=O)C2CSCN2C(=O)c2ccc(OCc3c(C)noc3C)cc2)cc1. The molecule has 0 aliphatic carbocycles. The molecule has 0 radical (unpaired) electrons. The van der Waals surface area contributed by atoms with Crippen molar-refractivity contribution < 1.29 is 23.6 Å². The normalized spacial score (nSPS) is 15.4. The van der Waals surface area contributed by atoms with Gasteiger partial charge in [-0.2, -0.15) is 0 Å². The molecule has 4 rings (SSSR count). The number of amides is 2. The second-order valence-electron chi connectivity index (χ2n) is 7.62. The van der Waals surface area contributed by atoms with Crippen LogP contribution in [0.5, 0.6) is 11.5 Å². The summed E-state index contributed by atoms with van der Waals surface area (Å²) in [6, 6.07) is 13.5. The van der Waals surface area contributed by atoms with Crippen molar-refractivity contribution in [1.29, 1.82) is 0 Å². The van der Waals surface area contributed by atoms with E-state index in [-0.39, 0.29) is 11.8 Å². The van der Waals surface area contributed by atoms with Gasteiger partial charge < -0.3 is 24.2 Å². The number of hydrogen-bond acceptors (Lipinski definition) is 7. The molecule has 33 heavy (non-hydrogen) atoms. The standard InChI is InChI=1S/C24H25N3O5S/c1-15-21(16(2)32-26-15)12-31-20-8-4-17(5-9-20)24(29)27-14-33-13-22(27)23(28)25-18-6-10-19(30-3)11-7-18/h4-11,22H,12-14H2,1-3H3,(H,25,28). The molecular formula is C24H25N3O5S. The molecule has 1 unspecified atom stereocenters. The molecule has 8 nitrogen and oxygen atoms in total. The topological polar surface area (TPSA) is 93.9 Å². The maximum Gasteiger partial charge on any atom is 0.255 e. The molecule has 172 valence electrons. The predicted octanol–water partition coefficient (Wildman–Crippen LogP) is 4.03. The number of carbonyl (C=O) groups excluding carboxylic acids is 2. The fourth-order valence-electron chi connectivity index (χ4n) is 3.48. The van der Waals surface area contributed by atoms with Crippen molar-refractivity contribution in [2.75, 3.05) is 24.1 Å². The van der Waals surface area contributed by atoms with Gasteiger partial charge in [-0.3, -0.25) is 9.59 Å². The van der Waals surface area contributed by atoms with E-state index in [9.17, 15) is 9.59 Å². The van der Waals surface area contributed by atoms with Gasteiger partial charge in [-0.15, -0.1) is 11.8 Å². The van der Waals surface area contributed by atoms with E-state index in [4.69, 9.17) is 14.0 Å². The van der Waals surface area contributed by atoms with Crippen LogP contribution in [0.2, 0.25) is 0 Å². The number of anilines is 1. The van der Waals surface area contributed by atoms with E-state index in [1.54, 1.807) is 72.3 Å². The number of methoxy groups -OCH3 is 1. The number of benzene rings is 2. The highest BCUT2D eigenvalue weighted by Gasteiger charge is 2.35. The van der Waals surface area contributed by atoms with Gasteiger partial charge >= 0.3 is 0 Å². The Morgan fingerprint density at radius 3 is 2.45 bits per heavy atom. The van der Waals surface area contributed by atoms with Gasteiger partial charge in [0, 0.05) is 17.0 Å². The molecule has 1 N–H and O–H groups in total. The second-order valence-corrected chi connectivity index (χ2v) is 8.62. The maximum absolute atomic E-state index is 13.1. The van der Waals surface area contributed by atoms with Crippen LogP contribution in [0.25, 0.3) is 0 Å². The van der Waals surface area contributed by atoms with E-state index >= 15 is 0 Å². The largest absolute Gasteiger partial charge is 0.497 e. The number of aryl methyl sites for hydroxylation is 2. The molecule has 0 saturated carbocycles.